The smallest absolute Gasteiger partial charge is 0.313 e. The van der Waals surface area contributed by atoms with Gasteiger partial charge in [0.05, 0.1) is 6.61 Å². The molecule has 0 aliphatic heterocycles. The Kier molecular flexibility index (Phi) is 6.94. The van der Waals surface area contributed by atoms with Crippen molar-refractivity contribution >= 4 is 11.8 Å². The van der Waals surface area contributed by atoms with Gasteiger partial charge in [0.25, 0.3) is 0 Å². The fourth-order valence-electron chi connectivity index (χ4n) is 2.47. The summed E-state index contributed by atoms with van der Waals surface area (Å²) in [5.74, 6) is 0.682. The van der Waals surface area contributed by atoms with Gasteiger partial charge in [-0.25, -0.2) is 0 Å². The summed E-state index contributed by atoms with van der Waals surface area (Å²) in [6.45, 7) is 4.97. The zero-order valence-electron chi connectivity index (χ0n) is 11.4. The summed E-state index contributed by atoms with van der Waals surface area (Å²) in [5.41, 5.74) is 0. The Hall–Kier alpha value is -0.900. The standard InChI is InChI=1S/C14H24O4/c1-3-18-14(16)8-13(15)10-17-9-12-6-4-5-11(2)7-12/h11-12H,3-10H2,1-2H3. The number of carbonyl (C=O) groups excluding carboxylic acids is 2. The van der Waals surface area contributed by atoms with Crippen molar-refractivity contribution in [3.8, 4) is 0 Å². The second kappa shape index (κ2) is 8.25. The zero-order chi connectivity index (χ0) is 13.4. The first-order chi connectivity index (χ1) is 8.61. The molecule has 4 heteroatoms. The highest BCUT2D eigenvalue weighted by atomic mass is 16.5. The molecule has 1 rings (SSSR count). The maximum absolute atomic E-state index is 11.4. The summed E-state index contributed by atoms with van der Waals surface area (Å²) in [6, 6.07) is 0. The van der Waals surface area contributed by atoms with Gasteiger partial charge in [-0.15, -0.1) is 0 Å². The van der Waals surface area contributed by atoms with E-state index in [0.717, 1.165) is 5.92 Å². The third-order valence-electron chi connectivity index (χ3n) is 3.31. The minimum atomic E-state index is -0.461. The molecule has 104 valence electrons. The van der Waals surface area contributed by atoms with Crippen LogP contribution in [-0.2, 0) is 19.1 Å². The van der Waals surface area contributed by atoms with Gasteiger partial charge in [0, 0.05) is 6.61 Å². The topological polar surface area (TPSA) is 52.6 Å². The van der Waals surface area contributed by atoms with Crippen LogP contribution in [0.2, 0.25) is 0 Å². The molecule has 2 atom stereocenters. The van der Waals surface area contributed by atoms with Gasteiger partial charge in [0.1, 0.15) is 13.0 Å². The molecular weight excluding hydrogens is 232 g/mol. The van der Waals surface area contributed by atoms with Gasteiger partial charge in [-0.1, -0.05) is 19.8 Å². The summed E-state index contributed by atoms with van der Waals surface area (Å²) in [5, 5.41) is 0. The highest BCUT2D eigenvalue weighted by Gasteiger charge is 2.19. The molecule has 0 aromatic rings. The predicted molar refractivity (Wildman–Crippen MR) is 68.2 cm³/mol. The third kappa shape index (κ3) is 6.15. The molecule has 18 heavy (non-hydrogen) atoms. The molecule has 0 heterocycles. The largest absolute Gasteiger partial charge is 0.466 e. The maximum atomic E-state index is 11.4. The van der Waals surface area contributed by atoms with Gasteiger partial charge in [-0.05, 0) is 31.6 Å². The van der Waals surface area contributed by atoms with E-state index in [1.165, 1.54) is 25.7 Å². The number of hydrogen-bond acceptors (Lipinski definition) is 4. The van der Waals surface area contributed by atoms with Gasteiger partial charge in [0.15, 0.2) is 5.78 Å². The molecule has 1 fully saturated rings. The molecule has 1 aliphatic rings. The van der Waals surface area contributed by atoms with E-state index in [4.69, 9.17) is 9.47 Å². The lowest BCUT2D eigenvalue weighted by molar-refractivity contribution is -0.146. The van der Waals surface area contributed by atoms with E-state index in [-0.39, 0.29) is 18.8 Å². The minimum absolute atomic E-state index is 0.0314. The van der Waals surface area contributed by atoms with Crippen LogP contribution in [0.15, 0.2) is 0 Å². The third-order valence-corrected chi connectivity index (χ3v) is 3.31. The van der Waals surface area contributed by atoms with Gasteiger partial charge in [-0.2, -0.15) is 0 Å². The second-order valence-electron chi connectivity index (χ2n) is 5.17. The monoisotopic (exact) mass is 256 g/mol. The molecule has 0 bridgehead atoms. The van der Waals surface area contributed by atoms with E-state index in [9.17, 15) is 9.59 Å². The first-order valence-corrected chi connectivity index (χ1v) is 6.86. The summed E-state index contributed by atoms with van der Waals surface area (Å²) in [4.78, 5) is 22.5. The summed E-state index contributed by atoms with van der Waals surface area (Å²) >= 11 is 0. The first-order valence-electron chi connectivity index (χ1n) is 6.86. The molecule has 4 nitrogen and oxygen atoms in total. The molecule has 0 N–H and O–H groups in total. The van der Waals surface area contributed by atoms with Gasteiger partial charge < -0.3 is 9.47 Å². The summed E-state index contributed by atoms with van der Waals surface area (Å²) in [6.07, 6.45) is 4.77. The van der Waals surface area contributed by atoms with Crippen LogP contribution in [-0.4, -0.2) is 31.6 Å². The van der Waals surface area contributed by atoms with E-state index >= 15 is 0 Å². The fraction of sp³-hybridized carbons (Fsp3) is 0.857. The predicted octanol–water partition coefficient (Wildman–Crippen LogP) is 2.35. The fourth-order valence-corrected chi connectivity index (χ4v) is 2.47. The van der Waals surface area contributed by atoms with Crippen LogP contribution in [0.5, 0.6) is 0 Å². The van der Waals surface area contributed by atoms with E-state index < -0.39 is 5.97 Å². The first kappa shape index (κ1) is 15.2. The number of carbonyl (C=O) groups is 2. The van der Waals surface area contributed by atoms with Crippen LogP contribution in [0.3, 0.4) is 0 Å². The number of esters is 1. The Morgan fingerprint density at radius 1 is 1.28 bits per heavy atom. The average molecular weight is 256 g/mol. The van der Waals surface area contributed by atoms with Crippen molar-refractivity contribution in [1.82, 2.24) is 0 Å². The van der Waals surface area contributed by atoms with Crippen LogP contribution in [0.25, 0.3) is 0 Å². The SMILES string of the molecule is CCOC(=O)CC(=O)COCC1CCCC(C)C1. The van der Waals surface area contributed by atoms with Crippen LogP contribution >= 0.6 is 0 Å². The minimum Gasteiger partial charge on any atom is -0.466 e. The van der Waals surface area contributed by atoms with Crippen molar-refractivity contribution in [2.75, 3.05) is 19.8 Å². The molecule has 0 amide bonds. The number of ether oxygens (including phenoxy) is 2. The second-order valence-corrected chi connectivity index (χ2v) is 5.17. The maximum Gasteiger partial charge on any atom is 0.313 e. The van der Waals surface area contributed by atoms with Crippen molar-refractivity contribution in [2.45, 2.75) is 46.0 Å². The number of Topliss-reactive ketones (excluding diaryl/α,β-unsaturated/α-hetero) is 1. The lowest BCUT2D eigenvalue weighted by Crippen LogP contribution is -2.21. The molecule has 1 saturated carbocycles. The molecule has 0 saturated heterocycles. The Labute approximate surface area is 109 Å². The van der Waals surface area contributed by atoms with E-state index in [1.54, 1.807) is 6.92 Å². The van der Waals surface area contributed by atoms with Gasteiger partial charge in [-0.3, -0.25) is 9.59 Å². The lowest BCUT2D eigenvalue weighted by Gasteiger charge is -2.26. The van der Waals surface area contributed by atoms with Crippen LogP contribution in [0.4, 0.5) is 0 Å². The van der Waals surface area contributed by atoms with Crippen LogP contribution < -0.4 is 0 Å². The summed E-state index contributed by atoms with van der Waals surface area (Å²) in [7, 11) is 0. The number of rotatable bonds is 7. The number of hydrogen-bond donors (Lipinski definition) is 0. The number of ketones is 1. The van der Waals surface area contributed by atoms with Crippen molar-refractivity contribution in [3.05, 3.63) is 0 Å². The molecule has 0 radical (unpaired) electrons. The van der Waals surface area contributed by atoms with E-state index in [0.29, 0.717) is 19.1 Å². The quantitative estimate of drug-likeness (QED) is 0.518. The molecule has 0 spiro atoms. The Morgan fingerprint density at radius 3 is 2.72 bits per heavy atom. The Morgan fingerprint density at radius 2 is 2.06 bits per heavy atom. The molecule has 1 aliphatic carbocycles. The zero-order valence-corrected chi connectivity index (χ0v) is 11.4. The molecule has 2 unspecified atom stereocenters. The molecular formula is C14H24O4. The van der Waals surface area contributed by atoms with Gasteiger partial charge in [0.2, 0.25) is 0 Å². The van der Waals surface area contributed by atoms with Crippen molar-refractivity contribution in [1.29, 1.82) is 0 Å². The van der Waals surface area contributed by atoms with E-state index in [1.807, 2.05) is 0 Å². The van der Waals surface area contributed by atoms with Crippen LogP contribution in [0.1, 0.15) is 46.0 Å². The Balaban J connectivity index is 2.09. The molecule has 0 aromatic carbocycles. The Bertz CT molecular complexity index is 275. The van der Waals surface area contributed by atoms with Crippen LogP contribution in [0, 0.1) is 11.8 Å². The summed E-state index contributed by atoms with van der Waals surface area (Å²) < 4.78 is 10.1. The van der Waals surface area contributed by atoms with Crippen molar-refractivity contribution in [3.63, 3.8) is 0 Å². The molecule has 0 aromatic heterocycles. The average Bonchev–Trinajstić information content (AvgIpc) is 2.29. The van der Waals surface area contributed by atoms with Crippen molar-refractivity contribution in [2.24, 2.45) is 11.8 Å². The highest BCUT2D eigenvalue weighted by Crippen LogP contribution is 2.28. The van der Waals surface area contributed by atoms with E-state index in [2.05, 4.69) is 6.92 Å². The van der Waals surface area contributed by atoms with Gasteiger partial charge >= 0.3 is 5.97 Å². The van der Waals surface area contributed by atoms with Crippen molar-refractivity contribution < 1.29 is 19.1 Å². The highest BCUT2D eigenvalue weighted by molar-refractivity contribution is 5.96. The normalized spacial score (nSPS) is 23.7. The lowest BCUT2D eigenvalue weighted by atomic mass is 9.83.